The summed E-state index contributed by atoms with van der Waals surface area (Å²) in [7, 11) is -3.18. The highest BCUT2D eigenvalue weighted by Gasteiger charge is 2.40. The summed E-state index contributed by atoms with van der Waals surface area (Å²) in [6.45, 7) is 13.0. The molecule has 0 unspecified atom stereocenters. The Morgan fingerprint density at radius 2 is 1.85 bits per heavy atom. The summed E-state index contributed by atoms with van der Waals surface area (Å²) in [6.07, 6.45) is 4.49. The molecule has 210 valence electrons. The molecule has 3 N–H and O–H groups in total. The van der Waals surface area contributed by atoms with E-state index in [2.05, 4.69) is 15.3 Å². The van der Waals surface area contributed by atoms with Crippen molar-refractivity contribution < 1.29 is 22.7 Å². The van der Waals surface area contributed by atoms with E-state index in [0.717, 1.165) is 10.9 Å². The number of nitrogens with zero attached hydrogens (tertiary/aromatic N) is 3. The first-order valence-electron chi connectivity index (χ1n) is 12.9. The maximum atomic E-state index is 12.5. The number of carbonyl (C=O) groups excluding carboxylic acids is 1. The van der Waals surface area contributed by atoms with E-state index in [1.165, 1.54) is 6.26 Å². The van der Waals surface area contributed by atoms with Crippen LogP contribution in [0.15, 0.2) is 30.6 Å². The molecule has 0 radical (unpaired) electrons. The fourth-order valence-electron chi connectivity index (χ4n) is 4.56. The summed E-state index contributed by atoms with van der Waals surface area (Å²) < 4.78 is 35.4. The van der Waals surface area contributed by atoms with Gasteiger partial charge in [0, 0.05) is 36.5 Å². The topological polar surface area (TPSA) is 146 Å². The number of esters is 1. The van der Waals surface area contributed by atoms with Gasteiger partial charge in [0.2, 0.25) is 5.88 Å². The van der Waals surface area contributed by atoms with Crippen molar-refractivity contribution in [3.05, 3.63) is 47.4 Å². The number of anilines is 2. The average Bonchev–Trinajstić information content (AvgIpc) is 2.81. The second-order valence-corrected chi connectivity index (χ2v) is 14.1. The van der Waals surface area contributed by atoms with E-state index in [1.54, 1.807) is 31.5 Å². The van der Waals surface area contributed by atoms with Crippen LogP contribution in [0.2, 0.25) is 0 Å². The van der Waals surface area contributed by atoms with Gasteiger partial charge in [-0.2, -0.15) is 0 Å². The van der Waals surface area contributed by atoms with Gasteiger partial charge < -0.3 is 20.5 Å². The van der Waals surface area contributed by atoms with E-state index in [0.29, 0.717) is 40.6 Å². The minimum absolute atomic E-state index is 0.0978. The Hall–Kier alpha value is -3.31. The van der Waals surface area contributed by atoms with Gasteiger partial charge >= 0.3 is 5.97 Å². The van der Waals surface area contributed by atoms with Gasteiger partial charge in [-0.25, -0.2) is 28.2 Å². The molecule has 1 aliphatic rings. The molecule has 0 aromatic carbocycles. The lowest BCUT2D eigenvalue weighted by molar-refractivity contribution is -0.0189. The zero-order chi connectivity index (χ0) is 28.9. The van der Waals surface area contributed by atoms with Crippen LogP contribution in [-0.2, 0) is 20.1 Å². The lowest BCUT2D eigenvalue weighted by atomic mass is 9.84. The molecular weight excluding hydrogens is 518 g/mol. The number of nitrogens with one attached hydrogen (secondary N) is 1. The van der Waals surface area contributed by atoms with Gasteiger partial charge in [-0.15, -0.1) is 0 Å². The molecule has 0 saturated heterocycles. The van der Waals surface area contributed by atoms with Crippen molar-refractivity contribution in [1.29, 1.82) is 0 Å². The molecule has 0 fully saturated rings. The number of ether oxygens (including phenoxy) is 2. The van der Waals surface area contributed by atoms with E-state index in [9.17, 15) is 13.2 Å². The zero-order valence-electron chi connectivity index (χ0n) is 23.7. The van der Waals surface area contributed by atoms with Gasteiger partial charge in [-0.1, -0.05) is 6.92 Å². The van der Waals surface area contributed by atoms with E-state index in [4.69, 9.17) is 20.2 Å². The van der Waals surface area contributed by atoms with Crippen molar-refractivity contribution >= 4 is 38.2 Å². The van der Waals surface area contributed by atoms with Crippen LogP contribution in [0.3, 0.4) is 0 Å². The van der Waals surface area contributed by atoms with Crippen molar-refractivity contribution in [2.24, 2.45) is 5.73 Å². The minimum atomic E-state index is -3.18. The van der Waals surface area contributed by atoms with Crippen molar-refractivity contribution in [3.8, 4) is 5.88 Å². The van der Waals surface area contributed by atoms with Gasteiger partial charge in [0.15, 0.2) is 0 Å². The Kier molecular flexibility index (Phi) is 7.37. The summed E-state index contributed by atoms with van der Waals surface area (Å²) in [5.41, 5.74) is 7.02. The third-order valence-electron chi connectivity index (χ3n) is 7.35. The SMILES string of the molecule is C[C@H](C[C@@H](C)S(C)(=O)=O)Oc1ncc(C(C)(C)N)c2cc(Nc3ccc4c(n3)[C@@H](C)C(C)(C)OC4=O)ncc12. The number of aromatic nitrogens is 3. The molecular formula is C28H37N5O5S. The minimum Gasteiger partial charge on any atom is -0.474 e. The van der Waals surface area contributed by atoms with Crippen molar-refractivity contribution in [2.45, 2.75) is 83.3 Å². The highest BCUT2D eigenvalue weighted by atomic mass is 32.2. The van der Waals surface area contributed by atoms with E-state index in [1.807, 2.05) is 47.6 Å². The lowest BCUT2D eigenvalue weighted by Gasteiger charge is -2.36. The molecule has 0 saturated carbocycles. The number of hydrogen-bond acceptors (Lipinski definition) is 10. The van der Waals surface area contributed by atoms with Gasteiger partial charge in [-0.3, -0.25) is 0 Å². The van der Waals surface area contributed by atoms with Gasteiger partial charge in [0.25, 0.3) is 0 Å². The monoisotopic (exact) mass is 555 g/mol. The second kappa shape index (κ2) is 10.0. The molecule has 3 atom stereocenters. The van der Waals surface area contributed by atoms with Crippen LogP contribution in [0.1, 0.15) is 82.4 Å². The van der Waals surface area contributed by atoms with Crippen LogP contribution in [0.4, 0.5) is 11.6 Å². The van der Waals surface area contributed by atoms with E-state index >= 15 is 0 Å². The van der Waals surface area contributed by atoms with Gasteiger partial charge in [-0.05, 0) is 70.7 Å². The highest BCUT2D eigenvalue weighted by Crippen LogP contribution is 2.38. The molecule has 10 nitrogen and oxygen atoms in total. The number of pyridine rings is 3. The Balaban J connectivity index is 1.69. The summed E-state index contributed by atoms with van der Waals surface area (Å²) in [4.78, 5) is 26.3. The molecule has 3 aromatic heterocycles. The van der Waals surface area contributed by atoms with Crippen molar-refractivity contribution in [1.82, 2.24) is 15.0 Å². The standard InChI is InChI=1S/C28H37N5O5S/c1-15(11-16(2)39(8,35)36)37-25-20-13-30-23(12-19(20)21(14-31-25)27(4,5)29)32-22-10-9-18-24(33-22)17(3)28(6,7)38-26(18)34/h9-10,12-17H,11,29H2,1-8H3,(H,30,32,33)/t15-,16-,17-/m1/s1. The molecule has 0 bridgehead atoms. The number of nitrogens with two attached hydrogens (primary N) is 1. The zero-order valence-corrected chi connectivity index (χ0v) is 24.5. The summed E-state index contributed by atoms with van der Waals surface area (Å²) in [6, 6.07) is 5.29. The highest BCUT2D eigenvalue weighted by molar-refractivity contribution is 7.91. The fourth-order valence-corrected chi connectivity index (χ4v) is 5.18. The molecule has 1 aliphatic heterocycles. The smallest absolute Gasteiger partial charge is 0.340 e. The van der Waals surface area contributed by atoms with Crippen LogP contribution in [0.25, 0.3) is 10.8 Å². The molecule has 39 heavy (non-hydrogen) atoms. The quantitative estimate of drug-likeness (QED) is 0.378. The van der Waals surface area contributed by atoms with Crippen LogP contribution in [0.5, 0.6) is 5.88 Å². The predicted molar refractivity (Wildman–Crippen MR) is 151 cm³/mol. The maximum Gasteiger partial charge on any atom is 0.340 e. The molecule has 11 heteroatoms. The number of cyclic esters (lactones) is 1. The number of hydrogen-bond donors (Lipinski definition) is 2. The summed E-state index contributed by atoms with van der Waals surface area (Å²) in [5, 5.41) is 4.16. The lowest BCUT2D eigenvalue weighted by Crippen LogP contribution is -2.39. The van der Waals surface area contributed by atoms with E-state index in [-0.39, 0.29) is 11.9 Å². The number of fused-ring (bicyclic) bond motifs is 2. The first kappa shape index (κ1) is 28.7. The normalized spacial score (nSPS) is 18.7. The van der Waals surface area contributed by atoms with E-state index < -0.39 is 32.3 Å². The Bertz CT molecular complexity index is 1530. The first-order valence-corrected chi connectivity index (χ1v) is 14.9. The summed E-state index contributed by atoms with van der Waals surface area (Å²) in [5.74, 6) is 0.944. The maximum absolute atomic E-state index is 12.5. The number of carbonyl (C=O) groups is 1. The summed E-state index contributed by atoms with van der Waals surface area (Å²) >= 11 is 0. The van der Waals surface area contributed by atoms with Crippen LogP contribution in [0, 0.1) is 0 Å². The molecule has 0 amide bonds. The van der Waals surface area contributed by atoms with Crippen molar-refractivity contribution in [2.75, 3.05) is 11.6 Å². The number of rotatable bonds is 8. The molecule has 3 aromatic rings. The Morgan fingerprint density at radius 3 is 2.49 bits per heavy atom. The Morgan fingerprint density at radius 1 is 1.15 bits per heavy atom. The van der Waals surface area contributed by atoms with Gasteiger partial charge in [0.05, 0.1) is 28.0 Å². The van der Waals surface area contributed by atoms with Crippen LogP contribution in [-0.4, -0.2) is 52.5 Å². The molecule has 4 heterocycles. The molecule has 4 rings (SSSR count). The molecule has 0 aliphatic carbocycles. The van der Waals surface area contributed by atoms with Crippen LogP contribution < -0.4 is 15.8 Å². The largest absolute Gasteiger partial charge is 0.474 e. The molecule has 0 spiro atoms. The first-order chi connectivity index (χ1) is 18.0. The fraction of sp³-hybridized carbons (Fsp3) is 0.500. The number of sulfone groups is 1. The third kappa shape index (κ3) is 5.99. The van der Waals surface area contributed by atoms with Crippen molar-refractivity contribution in [3.63, 3.8) is 0 Å². The average molecular weight is 556 g/mol. The van der Waals surface area contributed by atoms with Crippen LogP contribution >= 0.6 is 0 Å². The Labute approximate surface area is 229 Å². The van der Waals surface area contributed by atoms with Gasteiger partial charge in [0.1, 0.15) is 27.1 Å². The third-order valence-corrected chi connectivity index (χ3v) is 9.00. The second-order valence-electron chi connectivity index (χ2n) is 11.6. The predicted octanol–water partition coefficient (Wildman–Crippen LogP) is 4.61.